The highest BCUT2D eigenvalue weighted by Gasteiger charge is 2.24. The Morgan fingerprint density at radius 1 is 1.03 bits per heavy atom. The largest absolute Gasteiger partial charge is 0.459 e. The average molecular weight is 519 g/mol. The van der Waals surface area contributed by atoms with E-state index in [-0.39, 0.29) is 12.5 Å². The van der Waals surface area contributed by atoms with Crippen LogP contribution in [-0.2, 0) is 9.53 Å². The Labute approximate surface area is 212 Å². The van der Waals surface area contributed by atoms with Crippen LogP contribution in [0, 0.1) is 0 Å². The molecule has 0 aliphatic heterocycles. The molecule has 0 saturated carbocycles. The van der Waals surface area contributed by atoms with Crippen LogP contribution in [0.25, 0.3) is 28.2 Å². The van der Waals surface area contributed by atoms with E-state index in [1.165, 1.54) is 6.33 Å². The van der Waals surface area contributed by atoms with E-state index in [0.717, 1.165) is 5.69 Å². The zero-order chi connectivity index (χ0) is 24.6. The number of rotatable bonds is 5. The molecule has 0 aliphatic carbocycles. The van der Waals surface area contributed by atoms with Crippen LogP contribution < -0.4 is 4.90 Å². The average Bonchev–Trinajstić information content (AvgIpc) is 3.12. The number of hydrogen-bond acceptors (Lipinski definition) is 6. The minimum Gasteiger partial charge on any atom is -0.459 e. The minimum absolute atomic E-state index is 0.00573. The molecule has 2 heterocycles. The first kappa shape index (κ1) is 24.3. The monoisotopic (exact) mass is 517 g/mol. The fourth-order valence-corrected chi connectivity index (χ4v) is 4.11. The number of anilines is 1. The molecule has 4 rings (SSSR count). The predicted molar refractivity (Wildman–Crippen MR) is 136 cm³/mol. The Bertz CT molecular complexity index is 1360. The van der Waals surface area contributed by atoms with Crippen molar-refractivity contribution in [1.29, 1.82) is 0 Å². The third-order valence-electron chi connectivity index (χ3n) is 4.83. The van der Waals surface area contributed by atoms with Crippen molar-refractivity contribution >= 4 is 57.8 Å². The van der Waals surface area contributed by atoms with Crippen molar-refractivity contribution in [3.05, 3.63) is 63.9 Å². The molecule has 2 aromatic heterocycles. The Morgan fingerprint density at radius 2 is 1.71 bits per heavy atom. The van der Waals surface area contributed by atoms with Crippen LogP contribution in [0.5, 0.6) is 0 Å². The highest BCUT2D eigenvalue weighted by Crippen LogP contribution is 2.35. The second kappa shape index (κ2) is 9.41. The number of carbonyl (C=O) groups is 1. The van der Waals surface area contributed by atoms with Gasteiger partial charge in [0.1, 0.15) is 24.3 Å². The van der Waals surface area contributed by atoms with Gasteiger partial charge in [0.15, 0.2) is 17.0 Å². The summed E-state index contributed by atoms with van der Waals surface area (Å²) in [4.78, 5) is 27.9. The van der Waals surface area contributed by atoms with Crippen molar-refractivity contribution in [1.82, 2.24) is 19.5 Å². The minimum atomic E-state index is -0.590. The summed E-state index contributed by atoms with van der Waals surface area (Å²) in [6.45, 7) is 5.46. The lowest BCUT2D eigenvalue weighted by molar-refractivity contribution is -0.152. The molecule has 0 unspecified atom stereocenters. The first-order valence-corrected chi connectivity index (χ1v) is 11.5. The number of hydrogen-bond donors (Lipinski definition) is 0. The Hall–Kier alpha value is -2.87. The molecule has 0 N–H and O–H groups in total. The van der Waals surface area contributed by atoms with Gasteiger partial charge in [-0.05, 0) is 63.2 Å². The van der Waals surface area contributed by atoms with Gasteiger partial charge in [0, 0.05) is 28.3 Å². The summed E-state index contributed by atoms with van der Waals surface area (Å²) < 4.78 is 7.32. The number of carbonyl (C=O) groups excluding carboxylic acids is 1. The second-order valence-electron chi connectivity index (χ2n) is 8.68. The van der Waals surface area contributed by atoms with Crippen LogP contribution in [0.15, 0.2) is 48.8 Å². The lowest BCUT2D eigenvalue weighted by Gasteiger charge is -2.23. The van der Waals surface area contributed by atoms with E-state index in [1.54, 1.807) is 42.3 Å². The van der Waals surface area contributed by atoms with Gasteiger partial charge in [-0.1, -0.05) is 34.8 Å². The molecule has 0 bridgehead atoms. The topological polar surface area (TPSA) is 73.1 Å². The van der Waals surface area contributed by atoms with Gasteiger partial charge in [-0.25, -0.2) is 15.0 Å². The number of fused-ring (bicyclic) bond motifs is 1. The molecule has 10 heteroatoms. The number of benzene rings is 2. The van der Waals surface area contributed by atoms with E-state index in [9.17, 15) is 4.79 Å². The normalized spacial score (nSPS) is 11.6. The molecule has 7 nitrogen and oxygen atoms in total. The molecular formula is C24H22Cl3N5O2. The van der Waals surface area contributed by atoms with Gasteiger partial charge in [0.2, 0.25) is 0 Å². The summed E-state index contributed by atoms with van der Waals surface area (Å²) in [7, 11) is 1.75. The van der Waals surface area contributed by atoms with Gasteiger partial charge >= 0.3 is 5.97 Å². The van der Waals surface area contributed by atoms with Gasteiger partial charge in [0.25, 0.3) is 0 Å². The van der Waals surface area contributed by atoms with Crippen LogP contribution in [-0.4, -0.2) is 44.7 Å². The van der Waals surface area contributed by atoms with E-state index >= 15 is 0 Å². The lowest BCUT2D eigenvalue weighted by Crippen LogP contribution is -2.33. The van der Waals surface area contributed by atoms with E-state index < -0.39 is 5.60 Å². The molecule has 176 valence electrons. The maximum atomic E-state index is 12.4. The third kappa shape index (κ3) is 5.12. The molecule has 0 spiro atoms. The Kier molecular flexibility index (Phi) is 6.71. The van der Waals surface area contributed by atoms with E-state index in [2.05, 4.69) is 9.97 Å². The molecule has 2 aromatic carbocycles. The molecular weight excluding hydrogens is 497 g/mol. The zero-order valence-electron chi connectivity index (χ0n) is 19.0. The van der Waals surface area contributed by atoms with Crippen molar-refractivity contribution in [2.45, 2.75) is 26.4 Å². The molecule has 0 amide bonds. The number of aromatic nitrogens is 4. The van der Waals surface area contributed by atoms with Gasteiger partial charge < -0.3 is 9.64 Å². The Balaban J connectivity index is 1.88. The summed E-state index contributed by atoms with van der Waals surface area (Å²) in [6, 6.07) is 12.5. The molecule has 0 saturated heterocycles. The van der Waals surface area contributed by atoms with Gasteiger partial charge in [-0.15, -0.1) is 0 Å². The van der Waals surface area contributed by atoms with Gasteiger partial charge in [-0.3, -0.25) is 9.36 Å². The molecule has 0 fully saturated rings. The lowest BCUT2D eigenvalue weighted by atomic mass is 10.2. The number of esters is 1. The summed E-state index contributed by atoms with van der Waals surface area (Å²) in [5.41, 5.74) is 1.91. The molecule has 0 radical (unpaired) electrons. The quantitative estimate of drug-likeness (QED) is 0.292. The van der Waals surface area contributed by atoms with E-state index in [0.29, 0.717) is 43.4 Å². The summed E-state index contributed by atoms with van der Waals surface area (Å²) in [5.74, 6) is 0.654. The first-order valence-electron chi connectivity index (χ1n) is 10.4. The highest BCUT2D eigenvalue weighted by molar-refractivity contribution is 6.36. The van der Waals surface area contributed by atoms with Crippen LogP contribution >= 0.6 is 34.8 Å². The van der Waals surface area contributed by atoms with Gasteiger partial charge in [0.05, 0.1) is 5.02 Å². The number of nitrogens with zero attached hydrogens (tertiary/aromatic N) is 5. The number of likely N-dealkylation sites (N-methyl/N-ethyl adjacent to an activating group) is 1. The number of ether oxygens (including phenoxy) is 1. The molecule has 0 atom stereocenters. The number of imidazole rings is 1. The smallest absolute Gasteiger partial charge is 0.326 e. The van der Waals surface area contributed by atoms with Crippen molar-refractivity contribution < 1.29 is 9.53 Å². The van der Waals surface area contributed by atoms with Crippen molar-refractivity contribution in [2.75, 3.05) is 18.5 Å². The van der Waals surface area contributed by atoms with Gasteiger partial charge in [-0.2, -0.15) is 0 Å². The predicted octanol–water partition coefficient (Wildman–Crippen LogP) is 6.22. The van der Waals surface area contributed by atoms with Crippen LogP contribution in [0.3, 0.4) is 0 Å². The van der Waals surface area contributed by atoms with Crippen LogP contribution in [0.4, 0.5) is 5.82 Å². The van der Waals surface area contributed by atoms with Crippen LogP contribution in [0.2, 0.25) is 15.1 Å². The van der Waals surface area contributed by atoms with Crippen molar-refractivity contribution in [3.63, 3.8) is 0 Å². The fourth-order valence-electron chi connectivity index (χ4n) is 3.49. The summed E-state index contributed by atoms with van der Waals surface area (Å²) in [6.07, 6.45) is 1.44. The number of halogens is 3. The molecule has 4 aromatic rings. The summed E-state index contributed by atoms with van der Waals surface area (Å²) in [5, 5.41) is 1.56. The maximum Gasteiger partial charge on any atom is 0.326 e. The first-order chi connectivity index (χ1) is 16.0. The fraction of sp³-hybridized carbons (Fsp3) is 0.250. The van der Waals surface area contributed by atoms with Crippen LogP contribution in [0.1, 0.15) is 20.8 Å². The van der Waals surface area contributed by atoms with E-state index in [4.69, 9.17) is 44.5 Å². The standard InChI is InChI=1S/C24H22Cl3N5O2/c1-24(2,3)34-19(33)12-31(4)22-20-23(29-13-28-22)32(16-8-5-14(25)6-9-16)21(30-20)17-10-7-15(26)11-18(17)27/h5-11,13H,12H2,1-4H3. The Morgan fingerprint density at radius 3 is 2.35 bits per heavy atom. The SMILES string of the molecule is CN(CC(=O)OC(C)(C)C)c1ncnc2c1nc(-c1ccc(Cl)cc1Cl)n2-c1ccc(Cl)cc1. The van der Waals surface area contributed by atoms with E-state index in [1.807, 2.05) is 37.5 Å². The highest BCUT2D eigenvalue weighted by atomic mass is 35.5. The molecule has 0 aliphatic rings. The van der Waals surface area contributed by atoms with Crippen molar-refractivity contribution in [2.24, 2.45) is 0 Å². The maximum absolute atomic E-state index is 12.4. The van der Waals surface area contributed by atoms with Crippen molar-refractivity contribution in [3.8, 4) is 17.1 Å². The molecule has 34 heavy (non-hydrogen) atoms. The zero-order valence-corrected chi connectivity index (χ0v) is 21.3. The summed E-state index contributed by atoms with van der Waals surface area (Å²) >= 11 is 18.8. The third-order valence-corrected chi connectivity index (χ3v) is 5.63. The second-order valence-corrected chi connectivity index (χ2v) is 9.96.